The van der Waals surface area contributed by atoms with E-state index in [1.165, 1.54) is 18.4 Å². The summed E-state index contributed by atoms with van der Waals surface area (Å²) in [7, 11) is 0. The van der Waals surface area contributed by atoms with Gasteiger partial charge in [-0.15, -0.1) is 0 Å². The van der Waals surface area contributed by atoms with Gasteiger partial charge in [0.2, 0.25) is 0 Å². The Hall–Kier alpha value is -1.62. The van der Waals surface area contributed by atoms with Crippen molar-refractivity contribution < 1.29 is 0 Å². The van der Waals surface area contributed by atoms with Crippen LogP contribution in [0.2, 0.25) is 0 Å². The summed E-state index contributed by atoms with van der Waals surface area (Å²) in [5, 5.41) is 3.35. The molecule has 116 valence electrons. The molecule has 0 unspecified atom stereocenters. The Morgan fingerprint density at radius 1 is 1.18 bits per heavy atom. The summed E-state index contributed by atoms with van der Waals surface area (Å²) in [5.41, 5.74) is 2.24. The lowest BCUT2D eigenvalue weighted by Gasteiger charge is -2.31. The standard InChI is InChI=1S/C17H21BrN4/c1-12-5-7-22(8-6-12)17-10-16(19-11-20-17)21-14-4-3-13(2)15(18)9-14/h3-4,9-12H,5-8H2,1-2H3,(H,19,20,21). The SMILES string of the molecule is Cc1ccc(Nc2cc(N3CCC(C)CC3)ncn2)cc1Br. The number of aromatic nitrogens is 2. The Balaban J connectivity index is 1.74. The maximum atomic E-state index is 4.43. The number of aryl methyl sites for hydroxylation is 1. The number of piperidine rings is 1. The van der Waals surface area contributed by atoms with Gasteiger partial charge < -0.3 is 10.2 Å². The zero-order chi connectivity index (χ0) is 15.5. The number of nitrogens with zero attached hydrogens (tertiary/aromatic N) is 3. The number of halogens is 1. The van der Waals surface area contributed by atoms with Gasteiger partial charge in [0, 0.05) is 29.3 Å². The van der Waals surface area contributed by atoms with Gasteiger partial charge in [0.25, 0.3) is 0 Å². The third-order valence-electron chi connectivity index (χ3n) is 4.20. The average molecular weight is 361 g/mol. The highest BCUT2D eigenvalue weighted by molar-refractivity contribution is 9.10. The van der Waals surface area contributed by atoms with Crippen LogP contribution in [-0.4, -0.2) is 23.1 Å². The molecule has 22 heavy (non-hydrogen) atoms. The normalized spacial score (nSPS) is 15.9. The van der Waals surface area contributed by atoms with Gasteiger partial charge in [-0.3, -0.25) is 0 Å². The molecule has 0 spiro atoms. The number of anilines is 3. The van der Waals surface area contributed by atoms with Crippen molar-refractivity contribution in [2.45, 2.75) is 26.7 Å². The molecule has 4 nitrogen and oxygen atoms in total. The molecule has 5 heteroatoms. The van der Waals surface area contributed by atoms with Crippen LogP contribution in [0.4, 0.5) is 17.3 Å². The average Bonchev–Trinajstić information content (AvgIpc) is 2.52. The van der Waals surface area contributed by atoms with Crippen LogP contribution >= 0.6 is 15.9 Å². The van der Waals surface area contributed by atoms with Crippen molar-refractivity contribution in [3.63, 3.8) is 0 Å². The fraction of sp³-hybridized carbons (Fsp3) is 0.412. The monoisotopic (exact) mass is 360 g/mol. The van der Waals surface area contributed by atoms with Crippen LogP contribution in [-0.2, 0) is 0 Å². The first kappa shape index (κ1) is 15.3. The van der Waals surface area contributed by atoms with Crippen LogP contribution in [0.5, 0.6) is 0 Å². The third-order valence-corrected chi connectivity index (χ3v) is 5.06. The zero-order valence-electron chi connectivity index (χ0n) is 13.0. The first-order chi connectivity index (χ1) is 10.6. The summed E-state index contributed by atoms with van der Waals surface area (Å²) in [6.45, 7) is 6.55. The van der Waals surface area contributed by atoms with Gasteiger partial charge in [-0.05, 0) is 43.4 Å². The fourth-order valence-electron chi connectivity index (χ4n) is 2.64. The smallest absolute Gasteiger partial charge is 0.135 e. The Morgan fingerprint density at radius 2 is 1.95 bits per heavy atom. The quantitative estimate of drug-likeness (QED) is 0.872. The van der Waals surface area contributed by atoms with Crippen LogP contribution in [0.15, 0.2) is 35.1 Å². The van der Waals surface area contributed by atoms with Gasteiger partial charge in [0.05, 0.1) is 0 Å². The number of nitrogens with one attached hydrogen (secondary N) is 1. The summed E-state index contributed by atoms with van der Waals surface area (Å²) < 4.78 is 1.09. The van der Waals surface area contributed by atoms with Crippen LogP contribution in [0.25, 0.3) is 0 Å². The highest BCUT2D eigenvalue weighted by Crippen LogP contribution is 2.25. The minimum atomic E-state index is 0.820. The largest absolute Gasteiger partial charge is 0.356 e. The first-order valence-corrected chi connectivity index (χ1v) is 8.51. The molecule has 1 saturated heterocycles. The Kier molecular flexibility index (Phi) is 4.62. The van der Waals surface area contributed by atoms with E-state index in [9.17, 15) is 0 Å². The van der Waals surface area contributed by atoms with Crippen LogP contribution in [0.3, 0.4) is 0 Å². The first-order valence-electron chi connectivity index (χ1n) is 7.72. The lowest BCUT2D eigenvalue weighted by molar-refractivity contribution is 0.436. The zero-order valence-corrected chi connectivity index (χ0v) is 14.6. The predicted molar refractivity (Wildman–Crippen MR) is 94.8 cm³/mol. The molecule has 1 aromatic heterocycles. The predicted octanol–water partition coefficient (Wildman–Crippen LogP) is 4.53. The molecular weight excluding hydrogens is 340 g/mol. The van der Waals surface area contributed by atoms with Crippen molar-refractivity contribution >= 4 is 33.3 Å². The van der Waals surface area contributed by atoms with E-state index >= 15 is 0 Å². The fourth-order valence-corrected chi connectivity index (χ4v) is 3.02. The molecule has 0 amide bonds. The van der Waals surface area contributed by atoms with Gasteiger partial charge in [0.1, 0.15) is 18.0 Å². The van der Waals surface area contributed by atoms with Crippen molar-refractivity contribution in [3.05, 3.63) is 40.6 Å². The molecule has 0 atom stereocenters. The molecular formula is C17H21BrN4. The summed E-state index contributed by atoms with van der Waals surface area (Å²) in [6.07, 6.45) is 4.11. The molecule has 0 radical (unpaired) electrons. The lowest BCUT2D eigenvalue weighted by Crippen LogP contribution is -2.33. The van der Waals surface area contributed by atoms with E-state index in [0.717, 1.165) is 40.8 Å². The van der Waals surface area contributed by atoms with E-state index in [4.69, 9.17) is 0 Å². The molecule has 0 saturated carbocycles. The molecule has 0 bridgehead atoms. The molecule has 2 aromatic rings. The maximum Gasteiger partial charge on any atom is 0.135 e. The second-order valence-electron chi connectivity index (χ2n) is 6.02. The van der Waals surface area contributed by atoms with E-state index < -0.39 is 0 Å². The topological polar surface area (TPSA) is 41.0 Å². The second kappa shape index (κ2) is 6.65. The third kappa shape index (κ3) is 3.58. The number of rotatable bonds is 3. The molecule has 1 N–H and O–H groups in total. The summed E-state index contributed by atoms with van der Waals surface area (Å²) >= 11 is 3.56. The second-order valence-corrected chi connectivity index (χ2v) is 6.87. The van der Waals surface area contributed by atoms with Crippen molar-refractivity contribution in [3.8, 4) is 0 Å². The van der Waals surface area contributed by atoms with Crippen LogP contribution in [0.1, 0.15) is 25.3 Å². The van der Waals surface area contributed by atoms with Gasteiger partial charge in [-0.1, -0.05) is 28.9 Å². The molecule has 1 aliphatic rings. The Morgan fingerprint density at radius 3 is 2.68 bits per heavy atom. The summed E-state index contributed by atoms with van der Waals surface area (Å²) in [5.74, 6) is 2.66. The molecule has 0 aliphatic carbocycles. The van der Waals surface area contributed by atoms with Gasteiger partial charge in [-0.25, -0.2) is 9.97 Å². The maximum absolute atomic E-state index is 4.43. The van der Waals surface area contributed by atoms with Crippen LogP contribution in [0, 0.1) is 12.8 Å². The van der Waals surface area contributed by atoms with Gasteiger partial charge in [-0.2, -0.15) is 0 Å². The molecule has 1 aliphatic heterocycles. The van der Waals surface area contributed by atoms with E-state index in [1.807, 2.05) is 6.07 Å². The van der Waals surface area contributed by atoms with E-state index in [-0.39, 0.29) is 0 Å². The molecule has 1 fully saturated rings. The van der Waals surface area contributed by atoms with E-state index in [0.29, 0.717) is 0 Å². The highest BCUT2D eigenvalue weighted by Gasteiger charge is 2.17. The minimum absolute atomic E-state index is 0.820. The summed E-state index contributed by atoms with van der Waals surface area (Å²) in [6, 6.07) is 8.24. The molecule has 2 heterocycles. The van der Waals surface area contributed by atoms with Crippen LogP contribution < -0.4 is 10.2 Å². The minimum Gasteiger partial charge on any atom is -0.356 e. The number of hydrogen-bond acceptors (Lipinski definition) is 4. The van der Waals surface area contributed by atoms with Crippen molar-refractivity contribution in [2.75, 3.05) is 23.3 Å². The van der Waals surface area contributed by atoms with E-state index in [1.54, 1.807) is 6.33 Å². The summed E-state index contributed by atoms with van der Waals surface area (Å²) in [4.78, 5) is 11.1. The van der Waals surface area contributed by atoms with Crippen molar-refractivity contribution in [1.82, 2.24) is 9.97 Å². The van der Waals surface area contributed by atoms with Crippen molar-refractivity contribution in [1.29, 1.82) is 0 Å². The Labute approximate surface area is 140 Å². The van der Waals surface area contributed by atoms with Gasteiger partial charge in [0.15, 0.2) is 0 Å². The van der Waals surface area contributed by atoms with E-state index in [2.05, 4.69) is 68.2 Å². The molecule has 3 rings (SSSR count). The van der Waals surface area contributed by atoms with Crippen molar-refractivity contribution in [2.24, 2.45) is 5.92 Å². The highest BCUT2D eigenvalue weighted by atomic mass is 79.9. The number of hydrogen-bond donors (Lipinski definition) is 1. The Bertz CT molecular complexity index is 651. The molecule has 1 aromatic carbocycles. The van der Waals surface area contributed by atoms with Gasteiger partial charge >= 0.3 is 0 Å². The number of benzene rings is 1. The lowest BCUT2D eigenvalue weighted by atomic mass is 9.99.